The molecule has 1 saturated heterocycles. The molecule has 0 amide bonds. The number of hydrogen-bond donors (Lipinski definition) is 0. The summed E-state index contributed by atoms with van der Waals surface area (Å²) in [5.41, 5.74) is 1.28. The van der Waals surface area contributed by atoms with E-state index in [9.17, 15) is 0 Å². The topological polar surface area (TPSA) is 15.7 Å². The lowest BCUT2D eigenvalue weighted by Crippen LogP contribution is -2.52. The number of rotatable bonds is 4. The van der Waals surface area contributed by atoms with Crippen molar-refractivity contribution in [3.8, 4) is 5.75 Å². The molecule has 1 atom stereocenters. The van der Waals surface area contributed by atoms with Gasteiger partial charge in [-0.1, -0.05) is 13.0 Å². The van der Waals surface area contributed by atoms with Crippen LogP contribution in [0.1, 0.15) is 20.3 Å². The molecule has 0 spiro atoms. The van der Waals surface area contributed by atoms with E-state index in [1.165, 1.54) is 18.7 Å². The highest BCUT2D eigenvalue weighted by atomic mass is 16.5. The zero-order chi connectivity index (χ0) is 13.0. The van der Waals surface area contributed by atoms with Crippen molar-refractivity contribution in [2.24, 2.45) is 0 Å². The Labute approximate surface area is 110 Å². The molecular formula is C15H24N2O. The first-order valence-corrected chi connectivity index (χ1v) is 6.87. The second kappa shape index (κ2) is 6.10. The predicted octanol–water partition coefficient (Wildman–Crippen LogP) is 2.62. The molecule has 0 aliphatic carbocycles. The molecule has 0 radical (unpaired) electrons. The van der Waals surface area contributed by atoms with Gasteiger partial charge in [0.15, 0.2) is 0 Å². The number of benzene rings is 1. The molecule has 1 aliphatic heterocycles. The van der Waals surface area contributed by atoms with Gasteiger partial charge in [0.25, 0.3) is 0 Å². The van der Waals surface area contributed by atoms with Gasteiger partial charge in [-0.05, 0) is 32.0 Å². The minimum Gasteiger partial charge on any atom is -0.497 e. The molecule has 18 heavy (non-hydrogen) atoms. The van der Waals surface area contributed by atoms with Crippen molar-refractivity contribution in [3.05, 3.63) is 24.3 Å². The second-order valence-corrected chi connectivity index (χ2v) is 5.04. The number of nitrogens with zero attached hydrogens (tertiary/aromatic N) is 2. The van der Waals surface area contributed by atoms with Crippen molar-refractivity contribution in [1.82, 2.24) is 4.90 Å². The van der Waals surface area contributed by atoms with Crippen LogP contribution in [0.15, 0.2) is 24.3 Å². The highest BCUT2D eigenvalue weighted by Gasteiger charge is 2.23. The third kappa shape index (κ3) is 2.96. The van der Waals surface area contributed by atoms with Crippen molar-refractivity contribution in [2.75, 3.05) is 38.2 Å². The number of piperazine rings is 1. The minimum absolute atomic E-state index is 0.567. The third-order valence-corrected chi connectivity index (χ3v) is 3.64. The van der Waals surface area contributed by atoms with E-state index in [0.29, 0.717) is 6.04 Å². The monoisotopic (exact) mass is 248 g/mol. The van der Waals surface area contributed by atoms with Crippen molar-refractivity contribution >= 4 is 5.69 Å². The van der Waals surface area contributed by atoms with Gasteiger partial charge in [0.2, 0.25) is 0 Å². The van der Waals surface area contributed by atoms with E-state index in [1.54, 1.807) is 7.11 Å². The van der Waals surface area contributed by atoms with Gasteiger partial charge in [0, 0.05) is 37.4 Å². The van der Waals surface area contributed by atoms with E-state index in [0.717, 1.165) is 25.4 Å². The van der Waals surface area contributed by atoms with Gasteiger partial charge in [0.05, 0.1) is 7.11 Å². The van der Waals surface area contributed by atoms with Gasteiger partial charge < -0.3 is 9.64 Å². The summed E-state index contributed by atoms with van der Waals surface area (Å²) in [7, 11) is 1.72. The Morgan fingerprint density at radius 3 is 2.83 bits per heavy atom. The fourth-order valence-electron chi connectivity index (χ4n) is 2.73. The Balaban J connectivity index is 2.05. The predicted molar refractivity (Wildman–Crippen MR) is 76.5 cm³/mol. The average Bonchev–Trinajstić information content (AvgIpc) is 2.39. The Morgan fingerprint density at radius 2 is 2.17 bits per heavy atom. The van der Waals surface area contributed by atoms with E-state index in [2.05, 4.69) is 41.8 Å². The average molecular weight is 248 g/mol. The molecule has 1 aromatic rings. The summed E-state index contributed by atoms with van der Waals surface area (Å²) in [5, 5.41) is 0. The van der Waals surface area contributed by atoms with Crippen molar-refractivity contribution in [2.45, 2.75) is 26.3 Å². The first-order chi connectivity index (χ1) is 8.74. The molecule has 0 aromatic heterocycles. The van der Waals surface area contributed by atoms with Crippen LogP contribution in [-0.2, 0) is 0 Å². The zero-order valence-corrected chi connectivity index (χ0v) is 11.7. The summed E-state index contributed by atoms with van der Waals surface area (Å²) in [6, 6.07) is 8.94. The van der Waals surface area contributed by atoms with E-state index in [1.807, 2.05) is 6.07 Å². The SMILES string of the molecule is CCCN1CCN(c2cccc(OC)c2)[C@@H](C)C1. The molecule has 0 unspecified atom stereocenters. The molecule has 1 aromatic carbocycles. The molecule has 1 fully saturated rings. The maximum absolute atomic E-state index is 5.30. The smallest absolute Gasteiger partial charge is 0.120 e. The normalized spacial score (nSPS) is 21.1. The van der Waals surface area contributed by atoms with Crippen LogP contribution >= 0.6 is 0 Å². The zero-order valence-electron chi connectivity index (χ0n) is 11.7. The molecule has 1 heterocycles. The van der Waals surface area contributed by atoms with Gasteiger partial charge in [-0.3, -0.25) is 4.90 Å². The quantitative estimate of drug-likeness (QED) is 0.814. The Kier molecular flexibility index (Phi) is 4.48. The summed E-state index contributed by atoms with van der Waals surface area (Å²) in [4.78, 5) is 5.04. The Bertz CT molecular complexity index is 381. The first-order valence-electron chi connectivity index (χ1n) is 6.87. The fourth-order valence-corrected chi connectivity index (χ4v) is 2.73. The van der Waals surface area contributed by atoms with Gasteiger partial charge >= 0.3 is 0 Å². The van der Waals surface area contributed by atoms with Crippen LogP contribution < -0.4 is 9.64 Å². The highest BCUT2D eigenvalue weighted by Crippen LogP contribution is 2.24. The van der Waals surface area contributed by atoms with Crippen LogP contribution in [-0.4, -0.2) is 44.2 Å². The number of ether oxygens (including phenoxy) is 1. The van der Waals surface area contributed by atoms with E-state index >= 15 is 0 Å². The Morgan fingerprint density at radius 1 is 1.33 bits per heavy atom. The van der Waals surface area contributed by atoms with E-state index < -0.39 is 0 Å². The van der Waals surface area contributed by atoms with Crippen LogP contribution in [0.5, 0.6) is 5.75 Å². The standard InChI is InChI=1S/C15H24N2O/c1-4-8-16-9-10-17(13(2)12-16)14-6-5-7-15(11-14)18-3/h5-7,11,13H,4,8-10,12H2,1-3H3/t13-/m0/s1. The van der Waals surface area contributed by atoms with Crippen LogP contribution in [0, 0.1) is 0 Å². The first kappa shape index (κ1) is 13.2. The molecule has 0 N–H and O–H groups in total. The summed E-state index contributed by atoms with van der Waals surface area (Å²) < 4.78 is 5.30. The maximum Gasteiger partial charge on any atom is 0.120 e. The summed E-state index contributed by atoms with van der Waals surface area (Å²) in [5.74, 6) is 0.940. The van der Waals surface area contributed by atoms with Crippen molar-refractivity contribution in [3.63, 3.8) is 0 Å². The summed E-state index contributed by atoms with van der Waals surface area (Å²) in [6.45, 7) is 9.20. The van der Waals surface area contributed by atoms with Gasteiger partial charge in [-0.25, -0.2) is 0 Å². The molecule has 3 heteroatoms. The van der Waals surface area contributed by atoms with Gasteiger partial charge in [-0.15, -0.1) is 0 Å². The lowest BCUT2D eigenvalue weighted by molar-refractivity contribution is 0.229. The molecular weight excluding hydrogens is 224 g/mol. The van der Waals surface area contributed by atoms with Crippen molar-refractivity contribution in [1.29, 1.82) is 0 Å². The molecule has 2 rings (SSSR count). The minimum atomic E-state index is 0.567. The maximum atomic E-state index is 5.30. The molecule has 100 valence electrons. The molecule has 0 bridgehead atoms. The second-order valence-electron chi connectivity index (χ2n) is 5.04. The van der Waals surface area contributed by atoms with Crippen LogP contribution in [0.4, 0.5) is 5.69 Å². The largest absolute Gasteiger partial charge is 0.497 e. The van der Waals surface area contributed by atoms with Crippen LogP contribution in [0.25, 0.3) is 0 Å². The third-order valence-electron chi connectivity index (χ3n) is 3.64. The Hall–Kier alpha value is -1.22. The fraction of sp³-hybridized carbons (Fsp3) is 0.600. The molecule has 0 saturated carbocycles. The van der Waals surface area contributed by atoms with Crippen molar-refractivity contribution < 1.29 is 4.74 Å². The molecule has 3 nitrogen and oxygen atoms in total. The molecule has 1 aliphatic rings. The summed E-state index contributed by atoms with van der Waals surface area (Å²) >= 11 is 0. The van der Waals surface area contributed by atoms with E-state index in [4.69, 9.17) is 4.74 Å². The van der Waals surface area contributed by atoms with Crippen LogP contribution in [0.3, 0.4) is 0 Å². The lowest BCUT2D eigenvalue weighted by Gasteiger charge is -2.41. The number of anilines is 1. The van der Waals surface area contributed by atoms with Gasteiger partial charge in [0.1, 0.15) is 5.75 Å². The highest BCUT2D eigenvalue weighted by molar-refractivity contribution is 5.52. The lowest BCUT2D eigenvalue weighted by atomic mass is 10.1. The van der Waals surface area contributed by atoms with E-state index in [-0.39, 0.29) is 0 Å². The summed E-state index contributed by atoms with van der Waals surface area (Å²) in [6.07, 6.45) is 1.24. The van der Waals surface area contributed by atoms with Gasteiger partial charge in [-0.2, -0.15) is 0 Å². The van der Waals surface area contributed by atoms with Crippen LogP contribution in [0.2, 0.25) is 0 Å². The number of methoxy groups -OCH3 is 1. The number of hydrogen-bond acceptors (Lipinski definition) is 3.